The van der Waals surface area contributed by atoms with Crippen LogP contribution in [0.1, 0.15) is 59.1 Å². The van der Waals surface area contributed by atoms with Crippen molar-refractivity contribution in [3.05, 3.63) is 12.7 Å². The van der Waals surface area contributed by atoms with Crippen LogP contribution < -0.4 is 16.4 Å². The minimum Gasteiger partial charge on any atom is -0.481 e. The van der Waals surface area contributed by atoms with Crippen LogP contribution in [-0.2, 0) is 50.7 Å². The van der Waals surface area contributed by atoms with Crippen molar-refractivity contribution in [1.29, 1.82) is 0 Å². The van der Waals surface area contributed by atoms with E-state index in [1.807, 2.05) is 0 Å². The molecule has 0 saturated carbocycles. The van der Waals surface area contributed by atoms with E-state index in [1.54, 1.807) is 0 Å². The number of nitrogens with zero attached hydrogens (tertiary/aromatic N) is 4. The Kier molecular flexibility index (Phi) is 19.4. The number of aliphatic carboxylic acids is 1. The number of hydrogen-bond acceptors (Lipinski definition) is 18. The van der Waals surface area contributed by atoms with Crippen LogP contribution in [0.3, 0.4) is 0 Å². The first-order valence-corrected chi connectivity index (χ1v) is 21.8. The fraction of sp³-hybridized carbons (Fsp3) is 0.704. The van der Waals surface area contributed by atoms with E-state index >= 15 is 0 Å². The van der Waals surface area contributed by atoms with Gasteiger partial charge in [0.25, 0.3) is 0 Å². The number of hydrogen-bond donors (Lipinski definition) is 11. The zero-order chi connectivity index (χ0) is 42.5. The molecule has 1 aliphatic rings. The van der Waals surface area contributed by atoms with Crippen molar-refractivity contribution in [2.75, 3.05) is 37.8 Å². The number of nitrogens with two attached hydrogens (primary N) is 1. The summed E-state index contributed by atoms with van der Waals surface area (Å²) in [5.41, 5.74) is 4.30. The quantitative estimate of drug-likeness (QED) is 0.0420. The van der Waals surface area contributed by atoms with Gasteiger partial charge in [-0.2, -0.15) is 16.9 Å². The molecule has 1 aliphatic heterocycles. The molecule has 29 heteroatoms. The Bertz CT molecular complexity index is 1770. The maximum Gasteiger partial charge on any atom is 0.481 e. The Hall–Kier alpha value is -2.64. The number of nitrogen functional groups attached to an aromatic ring is 1. The standard InChI is InChI=1S/C21H36N7O16P3S.C6H12O2/c1-21(2,16(31)19(32)24-4-3-12(29)23-5-6-48)8-41-47(38,39)44-46(36,37)40-7-11-15(43-45(33,34)35)14(30)20(42-11)28-10-27-13-17(22)25-9-26-18(13)28;1-2-3-4-5-6(7)8/h9-11,14-16,20,30-31,48H,3-8H2,1-2H3,(H,23,29)(H,24,32)(H,36,37)(H,38,39)(H2,22,25,26)(H2,33,34,35);2-5H2,1H3,(H,7,8)/t11-,14-,15-,16+,20-;/m1./s1. The lowest BCUT2D eigenvalue weighted by Crippen LogP contribution is -2.46. The predicted octanol–water partition coefficient (Wildman–Crippen LogP) is -0.0140. The van der Waals surface area contributed by atoms with Gasteiger partial charge in [0.2, 0.25) is 11.8 Å². The molecular weight excluding hydrogens is 835 g/mol. The Morgan fingerprint density at radius 2 is 1.70 bits per heavy atom. The number of aromatic nitrogens is 4. The van der Waals surface area contributed by atoms with Crippen LogP contribution in [0, 0.1) is 5.41 Å². The maximum atomic E-state index is 12.6. The molecule has 1 saturated heterocycles. The summed E-state index contributed by atoms with van der Waals surface area (Å²) in [7, 11) is -16.3. The summed E-state index contributed by atoms with van der Waals surface area (Å²) in [6.45, 7) is 2.78. The molecule has 0 aromatic carbocycles. The molecule has 0 spiro atoms. The second-order valence-electron chi connectivity index (χ2n) is 12.6. The third-order valence-corrected chi connectivity index (χ3v) is 10.8. The number of carbonyl (C=O) groups is 3. The van der Waals surface area contributed by atoms with E-state index in [2.05, 4.69) is 54.0 Å². The number of imidazole rings is 1. The van der Waals surface area contributed by atoms with Gasteiger partial charge in [0, 0.05) is 37.1 Å². The number of rotatable bonds is 22. The van der Waals surface area contributed by atoms with Crippen LogP contribution >= 0.6 is 36.1 Å². The number of aliphatic hydroxyl groups excluding tert-OH is 2. The number of carboxylic acid groups (broad SMARTS) is 1. The monoisotopic (exact) mass is 883 g/mol. The zero-order valence-electron chi connectivity index (χ0n) is 30.4. The van der Waals surface area contributed by atoms with E-state index in [-0.39, 0.29) is 35.9 Å². The smallest absolute Gasteiger partial charge is 0.481 e. The van der Waals surface area contributed by atoms with E-state index < -0.39 is 84.6 Å². The third-order valence-electron chi connectivity index (χ3n) is 7.51. The molecule has 320 valence electrons. The number of anilines is 1. The fourth-order valence-corrected chi connectivity index (χ4v) is 7.60. The number of carbonyl (C=O) groups excluding carboxylic acids is 2. The molecule has 3 heterocycles. The number of carboxylic acids is 1. The first kappa shape index (κ1) is 49.5. The van der Waals surface area contributed by atoms with Gasteiger partial charge in [-0.1, -0.05) is 33.6 Å². The SMILES string of the molecule is CC(C)(COP(=O)(O)OP(=O)(O)OC[C@H]1O[C@@H](n2cnc3c(N)ncnc32)[C@H](O)[C@@H]1OP(=O)(O)O)[C@@H](O)C(=O)NCCC(=O)NCCS.CCCCCC(=O)O. The van der Waals surface area contributed by atoms with Crippen LogP contribution in [-0.4, -0.2) is 129 Å². The highest BCUT2D eigenvalue weighted by Gasteiger charge is 2.50. The topological polar surface area (TPSA) is 384 Å². The number of amides is 2. The molecule has 11 N–H and O–H groups in total. The second-order valence-corrected chi connectivity index (χ2v) is 17.3. The third kappa shape index (κ3) is 16.3. The van der Waals surface area contributed by atoms with Gasteiger partial charge in [-0.25, -0.2) is 28.6 Å². The molecule has 2 aromatic heterocycles. The van der Waals surface area contributed by atoms with E-state index in [0.717, 1.165) is 36.5 Å². The Labute approximate surface area is 325 Å². The Morgan fingerprint density at radius 1 is 1.04 bits per heavy atom. The Balaban J connectivity index is 0.00000122. The van der Waals surface area contributed by atoms with E-state index in [1.165, 1.54) is 13.8 Å². The summed E-state index contributed by atoms with van der Waals surface area (Å²) < 4.78 is 61.7. The summed E-state index contributed by atoms with van der Waals surface area (Å²) in [6, 6.07) is 0. The van der Waals surface area contributed by atoms with Gasteiger partial charge in [0.15, 0.2) is 17.7 Å². The van der Waals surface area contributed by atoms with Crippen LogP contribution in [0.5, 0.6) is 0 Å². The number of ether oxygens (including phenoxy) is 1. The van der Waals surface area contributed by atoms with Crippen molar-refractivity contribution in [2.45, 2.75) is 83.5 Å². The minimum atomic E-state index is -5.54. The number of phosphoric ester groups is 3. The van der Waals surface area contributed by atoms with Crippen molar-refractivity contribution in [3.63, 3.8) is 0 Å². The average Bonchev–Trinajstić information content (AvgIpc) is 3.65. The highest BCUT2D eigenvalue weighted by Crippen LogP contribution is 2.61. The van der Waals surface area contributed by atoms with Gasteiger partial charge in [-0.15, -0.1) is 0 Å². The van der Waals surface area contributed by atoms with Crippen molar-refractivity contribution in [2.24, 2.45) is 5.41 Å². The lowest BCUT2D eigenvalue weighted by Gasteiger charge is -2.30. The highest BCUT2D eigenvalue weighted by molar-refractivity contribution is 7.80. The lowest BCUT2D eigenvalue weighted by atomic mass is 9.87. The number of aliphatic hydroxyl groups is 2. The van der Waals surface area contributed by atoms with Crippen LogP contribution in [0.2, 0.25) is 0 Å². The van der Waals surface area contributed by atoms with E-state index in [9.17, 15) is 57.9 Å². The summed E-state index contributed by atoms with van der Waals surface area (Å²) in [4.78, 5) is 84.5. The highest BCUT2D eigenvalue weighted by atomic mass is 32.1. The molecule has 0 radical (unpaired) electrons. The number of fused-ring (bicyclic) bond motifs is 1. The number of unbranched alkanes of at least 4 members (excludes halogenated alkanes) is 2. The summed E-state index contributed by atoms with van der Waals surface area (Å²) in [5, 5.41) is 34.2. The predicted molar refractivity (Wildman–Crippen MR) is 195 cm³/mol. The zero-order valence-corrected chi connectivity index (χ0v) is 34.0. The molecule has 25 nitrogen and oxygen atoms in total. The van der Waals surface area contributed by atoms with Gasteiger partial charge in [-0.05, 0) is 6.42 Å². The van der Waals surface area contributed by atoms with Crippen molar-refractivity contribution in [3.8, 4) is 0 Å². The van der Waals surface area contributed by atoms with Gasteiger partial charge < -0.3 is 56.0 Å². The van der Waals surface area contributed by atoms with Crippen LogP contribution in [0.15, 0.2) is 12.7 Å². The molecule has 2 amide bonds. The maximum absolute atomic E-state index is 12.6. The largest absolute Gasteiger partial charge is 0.481 e. The average molecular weight is 884 g/mol. The number of thiol groups is 1. The molecule has 7 atom stereocenters. The number of nitrogens with one attached hydrogen (secondary N) is 2. The summed E-state index contributed by atoms with van der Waals surface area (Å²) in [6.07, 6.45) is -3.46. The fourth-order valence-electron chi connectivity index (χ4n) is 4.66. The first-order valence-electron chi connectivity index (χ1n) is 16.6. The molecule has 0 aliphatic carbocycles. The van der Waals surface area contributed by atoms with E-state index in [0.29, 0.717) is 18.7 Å². The van der Waals surface area contributed by atoms with Gasteiger partial charge in [-0.3, -0.25) is 32.5 Å². The normalized spacial score (nSPS) is 21.3. The lowest BCUT2D eigenvalue weighted by molar-refractivity contribution is -0.137. The van der Waals surface area contributed by atoms with Gasteiger partial charge in [0.1, 0.15) is 36.3 Å². The molecule has 1 fully saturated rings. The molecule has 56 heavy (non-hydrogen) atoms. The van der Waals surface area contributed by atoms with E-state index in [4.69, 9.17) is 24.6 Å². The first-order chi connectivity index (χ1) is 25.9. The van der Waals surface area contributed by atoms with Crippen molar-refractivity contribution < 1.29 is 85.6 Å². The molecule has 2 aromatic rings. The van der Waals surface area contributed by atoms with Crippen molar-refractivity contribution >= 4 is 70.9 Å². The van der Waals surface area contributed by atoms with Crippen molar-refractivity contribution in [1.82, 2.24) is 30.2 Å². The van der Waals surface area contributed by atoms with Gasteiger partial charge in [0.05, 0.1) is 19.5 Å². The number of phosphoric acid groups is 3. The van der Waals surface area contributed by atoms with Gasteiger partial charge >= 0.3 is 29.4 Å². The Morgan fingerprint density at radius 3 is 2.30 bits per heavy atom. The summed E-state index contributed by atoms with van der Waals surface area (Å²) >= 11 is 3.95. The van der Waals surface area contributed by atoms with Crippen LogP contribution in [0.25, 0.3) is 11.2 Å². The molecule has 3 rings (SSSR count). The summed E-state index contributed by atoms with van der Waals surface area (Å²) in [5.74, 6) is -1.63. The molecule has 2 unspecified atom stereocenters. The second kappa shape index (κ2) is 21.9. The molecule has 0 bridgehead atoms. The minimum absolute atomic E-state index is 0.0363. The molecular formula is C27H48N7O18P3S. The van der Waals surface area contributed by atoms with Crippen LogP contribution in [0.4, 0.5) is 5.82 Å².